The largest absolute Gasteiger partial charge is 0.303 e. The van der Waals surface area contributed by atoms with Crippen LogP contribution in [0.3, 0.4) is 0 Å². The molecule has 2 heterocycles. The quantitative estimate of drug-likeness (QED) is 0.625. The summed E-state index contributed by atoms with van der Waals surface area (Å²) in [4.78, 5) is 11.1. The van der Waals surface area contributed by atoms with Gasteiger partial charge in [-0.1, -0.05) is 0 Å². The van der Waals surface area contributed by atoms with Crippen LogP contribution in [-0.4, -0.2) is 26.6 Å². The fraction of sp³-hybridized carbons (Fsp3) is 0.333. The van der Waals surface area contributed by atoms with Crippen molar-refractivity contribution in [2.75, 3.05) is 6.26 Å². The first-order valence-corrected chi connectivity index (χ1v) is 5.44. The van der Waals surface area contributed by atoms with Gasteiger partial charge in [-0.2, -0.15) is 9.46 Å². The predicted molar refractivity (Wildman–Crippen MR) is 43.1 cm³/mol. The highest BCUT2D eigenvalue weighted by Crippen LogP contribution is 2.17. The lowest BCUT2D eigenvalue weighted by Crippen LogP contribution is -2.14. The van der Waals surface area contributed by atoms with E-state index in [1.165, 1.54) is 12.5 Å². The number of carbonyl (C=O) groups excluding carboxylic acids is 1. The zero-order valence-electron chi connectivity index (χ0n) is 6.40. The van der Waals surface area contributed by atoms with Gasteiger partial charge in [0.05, 0.1) is 21.7 Å². The second-order valence-corrected chi connectivity index (χ2v) is 5.16. The van der Waals surface area contributed by atoms with E-state index in [2.05, 4.69) is 14.6 Å². The molecule has 0 aliphatic carbocycles. The molecule has 12 heavy (non-hydrogen) atoms. The Morgan fingerprint density at radius 3 is 3.17 bits per heavy atom. The molecule has 6 heteroatoms. The number of amides is 1. The lowest BCUT2D eigenvalue weighted by atomic mass is 10.3. The van der Waals surface area contributed by atoms with E-state index in [9.17, 15) is 9.00 Å². The Kier molecular flexibility index (Phi) is 1.35. The third-order valence-electron chi connectivity index (χ3n) is 1.63. The molecule has 1 amide bonds. The van der Waals surface area contributed by atoms with Crippen molar-refractivity contribution in [1.82, 2.24) is 10.2 Å². The van der Waals surface area contributed by atoms with Crippen LogP contribution in [0.25, 0.3) is 0 Å². The van der Waals surface area contributed by atoms with Gasteiger partial charge in [-0.25, -0.2) is 4.21 Å². The first-order chi connectivity index (χ1) is 5.58. The number of carbonyl (C=O) groups is 1. The van der Waals surface area contributed by atoms with Crippen molar-refractivity contribution in [3.63, 3.8) is 0 Å². The minimum atomic E-state index is -2.35. The Labute approximate surface area is 69.4 Å². The summed E-state index contributed by atoms with van der Waals surface area (Å²) in [6.45, 7) is 0. The summed E-state index contributed by atoms with van der Waals surface area (Å²) in [5.41, 5.74) is 1.07. The van der Waals surface area contributed by atoms with E-state index < -0.39 is 15.6 Å². The van der Waals surface area contributed by atoms with Crippen molar-refractivity contribution in [2.24, 2.45) is 4.36 Å². The lowest BCUT2D eigenvalue weighted by molar-refractivity contribution is 0.0998. The van der Waals surface area contributed by atoms with Gasteiger partial charge in [-0.3, -0.25) is 9.89 Å². The molecule has 2 rings (SSSR count). The van der Waals surface area contributed by atoms with Crippen LogP contribution in [0.15, 0.2) is 10.6 Å². The molecule has 5 nitrogen and oxygen atoms in total. The van der Waals surface area contributed by atoms with Crippen molar-refractivity contribution in [3.8, 4) is 0 Å². The van der Waals surface area contributed by atoms with Gasteiger partial charge in [0.2, 0.25) is 0 Å². The highest BCUT2D eigenvalue weighted by Gasteiger charge is 2.22. The van der Waals surface area contributed by atoms with E-state index in [4.69, 9.17) is 0 Å². The molecular weight excluding hydrogens is 178 g/mol. The van der Waals surface area contributed by atoms with Gasteiger partial charge in [0.25, 0.3) is 0 Å². The number of H-pyrrole nitrogens is 1. The second-order valence-electron chi connectivity index (χ2n) is 2.77. The van der Waals surface area contributed by atoms with E-state index in [1.807, 2.05) is 0 Å². The van der Waals surface area contributed by atoms with Crippen LogP contribution in [0.5, 0.6) is 0 Å². The standard InChI is InChI=1S/C6H7N3O2S/c1-12(11)3-4-2-7-8-5(4)6(10)9-12/h2H,3H2,1H3,(H,7,8). The summed E-state index contributed by atoms with van der Waals surface area (Å²) in [5.74, 6) is -0.147. The van der Waals surface area contributed by atoms with Gasteiger partial charge in [0.15, 0.2) is 0 Å². The molecule has 0 saturated carbocycles. The normalized spacial score (nSPS) is 27.9. The van der Waals surface area contributed by atoms with Crippen molar-refractivity contribution in [3.05, 3.63) is 17.5 Å². The van der Waals surface area contributed by atoms with E-state index in [0.717, 1.165) is 0 Å². The summed E-state index contributed by atoms with van der Waals surface area (Å²) in [6, 6.07) is 0. The number of nitrogens with zero attached hydrogens (tertiary/aromatic N) is 2. The van der Waals surface area contributed by atoms with Crippen LogP contribution in [0.4, 0.5) is 0 Å². The summed E-state index contributed by atoms with van der Waals surface area (Å²) >= 11 is 0. The topological polar surface area (TPSA) is 75.2 Å². The molecule has 0 saturated heterocycles. The third-order valence-corrected chi connectivity index (χ3v) is 3.03. The molecule has 1 aliphatic rings. The fourth-order valence-corrected chi connectivity index (χ4v) is 2.45. The Morgan fingerprint density at radius 2 is 2.42 bits per heavy atom. The van der Waals surface area contributed by atoms with Gasteiger partial charge in [0.1, 0.15) is 5.69 Å². The molecule has 1 atom stereocenters. The molecular formula is C6H7N3O2S. The van der Waals surface area contributed by atoms with Crippen LogP contribution < -0.4 is 0 Å². The summed E-state index contributed by atoms with van der Waals surface area (Å²) in [7, 11) is -2.35. The van der Waals surface area contributed by atoms with Crippen LogP contribution in [0.2, 0.25) is 0 Å². The van der Waals surface area contributed by atoms with Gasteiger partial charge in [0, 0.05) is 11.8 Å². The molecule has 1 N–H and O–H groups in total. The second kappa shape index (κ2) is 2.16. The number of fused-ring (bicyclic) bond motifs is 1. The number of hydrogen-bond donors (Lipinski definition) is 1. The van der Waals surface area contributed by atoms with E-state index >= 15 is 0 Å². The Bertz CT molecular complexity index is 453. The molecule has 0 aromatic carbocycles. The van der Waals surface area contributed by atoms with Gasteiger partial charge < -0.3 is 0 Å². The molecule has 1 unspecified atom stereocenters. The van der Waals surface area contributed by atoms with E-state index in [-0.39, 0.29) is 0 Å². The van der Waals surface area contributed by atoms with Crippen LogP contribution in [0, 0.1) is 0 Å². The molecule has 0 radical (unpaired) electrons. The lowest BCUT2D eigenvalue weighted by Gasteiger charge is -2.07. The maximum atomic E-state index is 11.4. The molecule has 0 spiro atoms. The summed E-state index contributed by atoms with van der Waals surface area (Å²) in [5, 5.41) is 6.21. The first kappa shape index (κ1) is 7.48. The SMILES string of the molecule is CS1(=O)=NC(=O)c2[nH]ncc2C1. The van der Waals surface area contributed by atoms with Crippen molar-refractivity contribution < 1.29 is 9.00 Å². The average molecular weight is 185 g/mol. The minimum Gasteiger partial charge on any atom is -0.272 e. The Balaban J connectivity index is 2.65. The molecule has 64 valence electrons. The summed E-state index contributed by atoms with van der Waals surface area (Å²) < 4.78 is 15.0. The van der Waals surface area contributed by atoms with Crippen LogP contribution >= 0.6 is 0 Å². The number of aromatic nitrogens is 2. The molecule has 0 bridgehead atoms. The van der Waals surface area contributed by atoms with Gasteiger partial charge >= 0.3 is 5.91 Å². The molecule has 1 aliphatic heterocycles. The Hall–Kier alpha value is -1.17. The summed E-state index contributed by atoms with van der Waals surface area (Å²) in [6.07, 6.45) is 2.99. The minimum absolute atomic E-state index is 0.310. The molecule has 0 fully saturated rings. The number of hydrogen-bond acceptors (Lipinski definition) is 3. The fourth-order valence-electron chi connectivity index (χ4n) is 1.15. The van der Waals surface area contributed by atoms with E-state index in [1.54, 1.807) is 0 Å². The Morgan fingerprint density at radius 1 is 1.67 bits per heavy atom. The van der Waals surface area contributed by atoms with Crippen molar-refractivity contribution in [2.45, 2.75) is 5.75 Å². The highest BCUT2D eigenvalue weighted by atomic mass is 32.2. The number of nitrogens with one attached hydrogen (secondary N) is 1. The third kappa shape index (κ3) is 1.04. The van der Waals surface area contributed by atoms with Gasteiger partial charge in [-0.05, 0) is 0 Å². The maximum Gasteiger partial charge on any atom is 0.303 e. The van der Waals surface area contributed by atoms with Crippen LogP contribution in [-0.2, 0) is 15.5 Å². The smallest absolute Gasteiger partial charge is 0.272 e. The zero-order valence-corrected chi connectivity index (χ0v) is 7.22. The van der Waals surface area contributed by atoms with Crippen molar-refractivity contribution in [1.29, 1.82) is 0 Å². The molecule has 1 aromatic heterocycles. The van der Waals surface area contributed by atoms with E-state index in [0.29, 0.717) is 17.0 Å². The maximum absolute atomic E-state index is 11.4. The highest BCUT2D eigenvalue weighted by molar-refractivity contribution is 7.92. The number of rotatable bonds is 0. The average Bonchev–Trinajstić information content (AvgIpc) is 2.31. The van der Waals surface area contributed by atoms with Gasteiger partial charge in [-0.15, -0.1) is 0 Å². The number of aromatic amines is 1. The zero-order chi connectivity index (χ0) is 8.77. The van der Waals surface area contributed by atoms with Crippen LogP contribution in [0.1, 0.15) is 16.1 Å². The first-order valence-electron chi connectivity index (χ1n) is 3.35. The van der Waals surface area contributed by atoms with Crippen molar-refractivity contribution >= 4 is 15.6 Å². The molecule has 1 aromatic rings. The predicted octanol–water partition coefficient (Wildman–Crippen LogP) is 0.161. The monoisotopic (exact) mass is 185 g/mol.